The third-order valence-electron chi connectivity index (χ3n) is 5.30. The van der Waals surface area contributed by atoms with Crippen molar-refractivity contribution in [3.63, 3.8) is 0 Å². The molecule has 0 unspecified atom stereocenters. The van der Waals surface area contributed by atoms with Gasteiger partial charge in [-0.25, -0.2) is 4.79 Å². The quantitative estimate of drug-likeness (QED) is 0.629. The van der Waals surface area contributed by atoms with Gasteiger partial charge >= 0.3 is 5.69 Å². The molecule has 2 aliphatic rings. The molecule has 0 amide bonds. The van der Waals surface area contributed by atoms with E-state index in [1.54, 1.807) is 30.8 Å². The SMILES string of the molecule is O=C1C[C@H](c2ccco2)CC2=C1[C@@H](c1cccnc1)c1c([nH]c(=O)[nH]c1=O)N2. The number of anilines is 1. The number of hydrogen-bond donors (Lipinski definition) is 3. The fourth-order valence-electron chi connectivity index (χ4n) is 4.15. The van der Waals surface area contributed by atoms with Crippen LogP contribution in [0.25, 0.3) is 0 Å². The van der Waals surface area contributed by atoms with Crippen molar-refractivity contribution in [2.24, 2.45) is 0 Å². The first-order chi connectivity index (χ1) is 13.6. The summed E-state index contributed by atoms with van der Waals surface area (Å²) < 4.78 is 5.49. The first-order valence-corrected chi connectivity index (χ1v) is 8.95. The number of rotatable bonds is 2. The molecular weight excluding hydrogens is 360 g/mol. The van der Waals surface area contributed by atoms with Crippen LogP contribution in [0.4, 0.5) is 5.82 Å². The summed E-state index contributed by atoms with van der Waals surface area (Å²) in [6.07, 6.45) is 5.69. The molecule has 0 radical (unpaired) electrons. The van der Waals surface area contributed by atoms with Crippen molar-refractivity contribution in [2.75, 3.05) is 5.32 Å². The number of furan rings is 1. The van der Waals surface area contributed by atoms with E-state index in [0.29, 0.717) is 35.5 Å². The number of nitrogens with one attached hydrogen (secondary N) is 3. The molecule has 0 spiro atoms. The van der Waals surface area contributed by atoms with Crippen molar-refractivity contribution in [3.05, 3.63) is 91.9 Å². The third-order valence-corrected chi connectivity index (χ3v) is 5.30. The minimum Gasteiger partial charge on any atom is -0.469 e. The van der Waals surface area contributed by atoms with E-state index < -0.39 is 17.2 Å². The Balaban J connectivity index is 1.71. The van der Waals surface area contributed by atoms with Gasteiger partial charge in [-0.3, -0.25) is 24.5 Å². The van der Waals surface area contributed by atoms with Crippen LogP contribution in [0.1, 0.15) is 41.6 Å². The summed E-state index contributed by atoms with van der Waals surface area (Å²) in [5.74, 6) is 0.309. The number of aromatic amines is 2. The largest absolute Gasteiger partial charge is 0.469 e. The number of aromatic nitrogens is 3. The molecular formula is C20H16N4O4. The lowest BCUT2D eigenvalue weighted by Gasteiger charge is -2.34. The van der Waals surface area contributed by atoms with Gasteiger partial charge in [0.05, 0.1) is 11.8 Å². The molecule has 1 aliphatic carbocycles. The standard InChI is InChI=1S/C20H16N4O4/c25-13-8-11(14-4-2-6-28-14)7-12-16(13)15(10-3-1-5-21-9-10)17-18(22-12)23-20(27)24-19(17)26/h1-6,9,11,15H,7-8H2,(H3,22,23,24,26,27)/t11-,15-/m1/s1. The summed E-state index contributed by atoms with van der Waals surface area (Å²) in [7, 11) is 0. The number of Topliss-reactive ketones (excluding diaryl/α,β-unsaturated/α-hetero) is 1. The Morgan fingerprint density at radius 1 is 1.07 bits per heavy atom. The lowest BCUT2D eigenvalue weighted by Crippen LogP contribution is -2.37. The van der Waals surface area contributed by atoms with Crippen molar-refractivity contribution in [3.8, 4) is 0 Å². The van der Waals surface area contributed by atoms with Gasteiger partial charge in [0.15, 0.2) is 5.78 Å². The number of carbonyl (C=O) groups excluding carboxylic acids is 1. The minimum atomic E-state index is -0.602. The van der Waals surface area contributed by atoms with Crippen LogP contribution in [-0.2, 0) is 4.79 Å². The number of ketones is 1. The highest BCUT2D eigenvalue weighted by Crippen LogP contribution is 2.45. The van der Waals surface area contributed by atoms with Gasteiger partial charge in [0.1, 0.15) is 11.6 Å². The number of carbonyl (C=O) groups is 1. The number of hydrogen-bond acceptors (Lipinski definition) is 6. The van der Waals surface area contributed by atoms with E-state index in [1.165, 1.54) is 0 Å². The summed E-state index contributed by atoms with van der Waals surface area (Å²) in [5.41, 5.74) is 1.15. The van der Waals surface area contributed by atoms with Crippen molar-refractivity contribution >= 4 is 11.6 Å². The van der Waals surface area contributed by atoms with Crippen molar-refractivity contribution < 1.29 is 9.21 Å². The zero-order valence-corrected chi connectivity index (χ0v) is 14.7. The molecule has 0 saturated carbocycles. The van der Waals surface area contributed by atoms with Gasteiger partial charge < -0.3 is 9.73 Å². The molecule has 0 fully saturated rings. The van der Waals surface area contributed by atoms with E-state index in [-0.39, 0.29) is 11.7 Å². The van der Waals surface area contributed by atoms with E-state index >= 15 is 0 Å². The fraction of sp³-hybridized carbons (Fsp3) is 0.200. The first-order valence-electron chi connectivity index (χ1n) is 8.95. The van der Waals surface area contributed by atoms with Gasteiger partial charge in [-0.1, -0.05) is 6.07 Å². The Morgan fingerprint density at radius 2 is 1.96 bits per heavy atom. The molecule has 0 bridgehead atoms. The second-order valence-corrected chi connectivity index (χ2v) is 6.98. The predicted molar refractivity (Wildman–Crippen MR) is 100 cm³/mol. The molecule has 3 N–H and O–H groups in total. The predicted octanol–water partition coefficient (Wildman–Crippen LogP) is 2.01. The van der Waals surface area contributed by atoms with Crippen LogP contribution in [0, 0.1) is 0 Å². The Labute approximate surface area is 158 Å². The maximum absolute atomic E-state index is 13.2. The third kappa shape index (κ3) is 2.53. The number of pyridine rings is 1. The lowest BCUT2D eigenvalue weighted by atomic mass is 9.74. The second kappa shape index (κ2) is 6.19. The molecule has 1 aliphatic heterocycles. The summed E-state index contributed by atoms with van der Waals surface area (Å²) in [6.45, 7) is 0. The summed E-state index contributed by atoms with van der Waals surface area (Å²) in [6, 6.07) is 7.23. The molecule has 5 rings (SSSR count). The summed E-state index contributed by atoms with van der Waals surface area (Å²) in [5, 5.41) is 3.12. The van der Waals surface area contributed by atoms with E-state index in [0.717, 1.165) is 11.3 Å². The molecule has 140 valence electrons. The summed E-state index contributed by atoms with van der Waals surface area (Å²) in [4.78, 5) is 46.7. The van der Waals surface area contributed by atoms with Crippen LogP contribution in [0.2, 0.25) is 0 Å². The van der Waals surface area contributed by atoms with Gasteiger partial charge in [-0.05, 0) is 30.2 Å². The summed E-state index contributed by atoms with van der Waals surface area (Å²) >= 11 is 0. The highest BCUT2D eigenvalue weighted by molar-refractivity contribution is 6.01. The van der Waals surface area contributed by atoms with E-state index in [4.69, 9.17) is 4.42 Å². The van der Waals surface area contributed by atoms with Gasteiger partial charge in [0, 0.05) is 41.9 Å². The van der Waals surface area contributed by atoms with E-state index in [2.05, 4.69) is 20.3 Å². The van der Waals surface area contributed by atoms with Crippen LogP contribution < -0.4 is 16.6 Å². The number of fused-ring (bicyclic) bond motifs is 1. The second-order valence-electron chi connectivity index (χ2n) is 6.98. The monoisotopic (exact) mass is 376 g/mol. The maximum Gasteiger partial charge on any atom is 0.327 e. The van der Waals surface area contributed by atoms with Crippen LogP contribution in [0.15, 0.2) is 68.2 Å². The molecule has 8 nitrogen and oxygen atoms in total. The Hall–Kier alpha value is -3.68. The molecule has 8 heteroatoms. The van der Waals surface area contributed by atoms with Crippen molar-refractivity contribution in [1.29, 1.82) is 0 Å². The first kappa shape index (κ1) is 16.5. The number of nitrogens with zero attached hydrogens (tertiary/aromatic N) is 1. The average Bonchev–Trinajstić information content (AvgIpc) is 3.21. The van der Waals surface area contributed by atoms with Crippen molar-refractivity contribution in [2.45, 2.75) is 24.7 Å². The smallest absolute Gasteiger partial charge is 0.327 e. The molecule has 3 aromatic rings. The molecule has 2 atom stereocenters. The van der Waals surface area contributed by atoms with Crippen molar-refractivity contribution in [1.82, 2.24) is 15.0 Å². The molecule has 0 saturated heterocycles. The number of allylic oxidation sites excluding steroid dienone is 2. The van der Waals surface area contributed by atoms with Crippen LogP contribution in [0.3, 0.4) is 0 Å². The van der Waals surface area contributed by atoms with Crippen LogP contribution >= 0.6 is 0 Å². The zero-order valence-electron chi connectivity index (χ0n) is 14.7. The van der Waals surface area contributed by atoms with Gasteiger partial charge in [0.2, 0.25) is 0 Å². The van der Waals surface area contributed by atoms with E-state index in [9.17, 15) is 14.4 Å². The zero-order chi connectivity index (χ0) is 19.3. The molecule has 3 aromatic heterocycles. The fourth-order valence-corrected chi connectivity index (χ4v) is 4.15. The maximum atomic E-state index is 13.2. The Morgan fingerprint density at radius 3 is 2.71 bits per heavy atom. The highest BCUT2D eigenvalue weighted by Gasteiger charge is 2.40. The highest BCUT2D eigenvalue weighted by atomic mass is 16.3. The average molecular weight is 376 g/mol. The minimum absolute atomic E-state index is 0.0553. The Bertz CT molecular complexity index is 1210. The van der Waals surface area contributed by atoms with Crippen LogP contribution in [0.5, 0.6) is 0 Å². The Kier molecular flexibility index (Phi) is 3.65. The van der Waals surface area contributed by atoms with Gasteiger partial charge in [-0.15, -0.1) is 0 Å². The molecule has 0 aromatic carbocycles. The van der Waals surface area contributed by atoms with E-state index in [1.807, 2.05) is 12.1 Å². The lowest BCUT2D eigenvalue weighted by molar-refractivity contribution is -0.116. The normalized spacial score (nSPS) is 21.1. The van der Waals surface area contributed by atoms with Gasteiger partial charge in [-0.2, -0.15) is 0 Å². The van der Waals surface area contributed by atoms with Crippen LogP contribution in [-0.4, -0.2) is 20.7 Å². The topological polar surface area (TPSA) is 121 Å². The van der Waals surface area contributed by atoms with Gasteiger partial charge in [0.25, 0.3) is 5.56 Å². The molecule has 28 heavy (non-hydrogen) atoms. The number of H-pyrrole nitrogens is 2. The molecule has 4 heterocycles.